The van der Waals surface area contributed by atoms with Crippen LogP contribution in [0.4, 0.5) is 5.69 Å². The fourth-order valence-corrected chi connectivity index (χ4v) is 1.53. The number of anilines is 1. The molecule has 0 saturated carbocycles. The molecule has 0 amide bonds. The number of halogens is 1. The van der Waals surface area contributed by atoms with E-state index in [1.807, 2.05) is 6.92 Å². The Balaban J connectivity index is 2.15. The molecule has 0 spiro atoms. The largest absolute Gasteiger partial charge is 0.444 e. The smallest absolute Gasteiger partial charge is 0.287 e. The number of aryl methyl sites for hydroxylation is 2. The van der Waals surface area contributed by atoms with E-state index in [1.54, 1.807) is 6.20 Å². The van der Waals surface area contributed by atoms with Crippen LogP contribution in [0.2, 0.25) is 5.02 Å². The molecule has 2 rings (SSSR count). The Hall–Kier alpha value is -1.82. The molecule has 2 heterocycles. The van der Waals surface area contributed by atoms with E-state index in [4.69, 9.17) is 16.0 Å². The van der Waals surface area contributed by atoms with Crippen LogP contribution in [0.5, 0.6) is 0 Å². The molecule has 2 aromatic heterocycles. The molecule has 0 fully saturated rings. The van der Waals surface area contributed by atoms with Crippen LogP contribution < -0.4 is 10.9 Å². The summed E-state index contributed by atoms with van der Waals surface area (Å²) in [5, 5.41) is 6.91. The van der Waals surface area contributed by atoms with Gasteiger partial charge in [0.15, 0.2) is 0 Å². The van der Waals surface area contributed by atoms with Gasteiger partial charge in [-0.25, -0.2) is 9.67 Å². The van der Waals surface area contributed by atoms with E-state index in [-0.39, 0.29) is 10.6 Å². The molecule has 0 aliphatic rings. The lowest BCUT2D eigenvalue weighted by molar-refractivity contribution is 0.479. The minimum atomic E-state index is -0.347. The summed E-state index contributed by atoms with van der Waals surface area (Å²) in [4.78, 5) is 15.5. The summed E-state index contributed by atoms with van der Waals surface area (Å²) in [5.41, 5.74) is 0.117. The van der Waals surface area contributed by atoms with Crippen molar-refractivity contribution in [1.29, 1.82) is 0 Å². The third-order valence-corrected chi connectivity index (χ3v) is 2.54. The first-order chi connectivity index (χ1) is 8.08. The molecule has 0 saturated heterocycles. The number of nitrogens with one attached hydrogen (secondary N) is 1. The van der Waals surface area contributed by atoms with E-state index in [1.165, 1.54) is 17.9 Å². The second kappa shape index (κ2) is 4.58. The molecule has 0 aliphatic heterocycles. The Morgan fingerprint density at radius 2 is 2.29 bits per heavy atom. The zero-order valence-electron chi connectivity index (χ0n) is 9.40. The van der Waals surface area contributed by atoms with Crippen molar-refractivity contribution < 1.29 is 4.42 Å². The van der Waals surface area contributed by atoms with Crippen molar-refractivity contribution in [3.63, 3.8) is 0 Å². The molecule has 0 atom stereocenters. The molecule has 0 unspecified atom stereocenters. The highest BCUT2D eigenvalue weighted by Crippen LogP contribution is 2.16. The summed E-state index contributed by atoms with van der Waals surface area (Å²) in [7, 11) is 1.54. The van der Waals surface area contributed by atoms with Crippen LogP contribution in [0.15, 0.2) is 21.6 Å². The summed E-state index contributed by atoms with van der Waals surface area (Å²) in [5.74, 6) is 1.26. The van der Waals surface area contributed by atoms with Gasteiger partial charge in [-0.15, -0.1) is 0 Å². The van der Waals surface area contributed by atoms with Gasteiger partial charge in [0.05, 0.1) is 24.6 Å². The number of nitrogens with zero attached hydrogens (tertiary/aromatic N) is 3. The maximum absolute atomic E-state index is 11.5. The quantitative estimate of drug-likeness (QED) is 0.895. The van der Waals surface area contributed by atoms with Gasteiger partial charge in [0.2, 0.25) is 5.89 Å². The van der Waals surface area contributed by atoms with Crippen LogP contribution in [-0.2, 0) is 13.6 Å². The minimum absolute atomic E-state index is 0.103. The van der Waals surface area contributed by atoms with E-state index in [0.717, 1.165) is 5.76 Å². The van der Waals surface area contributed by atoms with Crippen LogP contribution in [0, 0.1) is 6.92 Å². The maximum Gasteiger partial charge on any atom is 0.287 e. The Bertz CT molecular complexity index is 590. The Kier molecular flexibility index (Phi) is 3.14. The van der Waals surface area contributed by atoms with Crippen LogP contribution in [-0.4, -0.2) is 14.8 Å². The predicted octanol–water partition coefficient (Wildman–Crippen LogP) is 1.34. The maximum atomic E-state index is 11.5. The Morgan fingerprint density at radius 3 is 2.94 bits per heavy atom. The van der Waals surface area contributed by atoms with Gasteiger partial charge in [-0.1, -0.05) is 11.6 Å². The van der Waals surface area contributed by atoms with Gasteiger partial charge in [0.25, 0.3) is 5.56 Å². The molecule has 0 aromatic carbocycles. The van der Waals surface area contributed by atoms with E-state index >= 15 is 0 Å². The minimum Gasteiger partial charge on any atom is -0.444 e. The van der Waals surface area contributed by atoms with Gasteiger partial charge < -0.3 is 9.73 Å². The number of hydrogen-bond acceptors (Lipinski definition) is 5. The molecule has 6 nitrogen and oxygen atoms in total. The van der Waals surface area contributed by atoms with Crippen molar-refractivity contribution in [3.05, 3.63) is 39.4 Å². The van der Waals surface area contributed by atoms with Crippen molar-refractivity contribution in [2.45, 2.75) is 13.5 Å². The molecule has 7 heteroatoms. The first kappa shape index (κ1) is 11.7. The van der Waals surface area contributed by atoms with Crippen LogP contribution >= 0.6 is 11.6 Å². The lowest BCUT2D eigenvalue weighted by Gasteiger charge is -2.06. The fraction of sp³-hybridized carbons (Fsp3) is 0.300. The lowest BCUT2D eigenvalue weighted by atomic mass is 10.4. The van der Waals surface area contributed by atoms with Crippen LogP contribution in [0.1, 0.15) is 11.7 Å². The second-order valence-corrected chi connectivity index (χ2v) is 3.90. The zero-order valence-corrected chi connectivity index (χ0v) is 10.2. The molecular formula is C10H11ClN4O2. The summed E-state index contributed by atoms with van der Waals surface area (Å²) in [6.45, 7) is 2.16. The Labute approximate surface area is 102 Å². The first-order valence-electron chi connectivity index (χ1n) is 4.95. The summed E-state index contributed by atoms with van der Waals surface area (Å²) >= 11 is 5.88. The highest BCUT2D eigenvalue weighted by molar-refractivity contribution is 6.32. The number of hydrogen-bond donors (Lipinski definition) is 1. The molecule has 90 valence electrons. The van der Waals surface area contributed by atoms with Gasteiger partial charge in [0, 0.05) is 7.05 Å². The molecule has 2 aromatic rings. The first-order valence-corrected chi connectivity index (χ1v) is 5.32. The van der Waals surface area contributed by atoms with Crippen LogP contribution in [0.3, 0.4) is 0 Å². The highest BCUT2D eigenvalue weighted by Gasteiger charge is 2.08. The van der Waals surface area contributed by atoms with Gasteiger partial charge in [-0.05, 0) is 6.92 Å². The van der Waals surface area contributed by atoms with Gasteiger partial charge in [0.1, 0.15) is 10.8 Å². The lowest BCUT2D eigenvalue weighted by Crippen LogP contribution is -2.21. The summed E-state index contributed by atoms with van der Waals surface area (Å²) < 4.78 is 6.45. The van der Waals surface area contributed by atoms with E-state index < -0.39 is 0 Å². The van der Waals surface area contributed by atoms with E-state index in [9.17, 15) is 4.79 Å². The van der Waals surface area contributed by atoms with Crippen LogP contribution in [0.25, 0.3) is 0 Å². The van der Waals surface area contributed by atoms with E-state index in [2.05, 4.69) is 15.4 Å². The molecule has 0 radical (unpaired) electrons. The number of rotatable bonds is 3. The number of oxazole rings is 1. The monoisotopic (exact) mass is 254 g/mol. The molecule has 1 N–H and O–H groups in total. The zero-order chi connectivity index (χ0) is 12.4. The van der Waals surface area contributed by atoms with Crippen molar-refractivity contribution in [1.82, 2.24) is 14.8 Å². The molecule has 0 bridgehead atoms. The second-order valence-electron chi connectivity index (χ2n) is 3.52. The summed E-state index contributed by atoms with van der Waals surface area (Å²) in [6.07, 6.45) is 3.11. The van der Waals surface area contributed by atoms with Gasteiger partial charge >= 0.3 is 0 Å². The standard InChI is InChI=1S/C10H11ClN4O2/c1-6-3-13-8(17-6)5-12-7-4-14-15(2)10(16)9(7)11/h3-4,12H,5H2,1-2H3. The topological polar surface area (TPSA) is 73.0 Å². The predicted molar refractivity (Wildman–Crippen MR) is 63.1 cm³/mol. The average molecular weight is 255 g/mol. The van der Waals surface area contributed by atoms with Crippen molar-refractivity contribution >= 4 is 17.3 Å². The third-order valence-electron chi connectivity index (χ3n) is 2.18. The summed E-state index contributed by atoms with van der Waals surface area (Å²) in [6, 6.07) is 0. The third kappa shape index (κ3) is 2.47. The molecule has 0 aliphatic carbocycles. The average Bonchev–Trinajstić information content (AvgIpc) is 2.71. The van der Waals surface area contributed by atoms with Gasteiger partial charge in [-0.3, -0.25) is 4.79 Å². The molecule has 17 heavy (non-hydrogen) atoms. The normalized spacial score (nSPS) is 10.5. The van der Waals surface area contributed by atoms with Gasteiger partial charge in [-0.2, -0.15) is 5.10 Å². The molecular weight excluding hydrogens is 244 g/mol. The van der Waals surface area contributed by atoms with E-state index in [0.29, 0.717) is 18.1 Å². The highest BCUT2D eigenvalue weighted by atomic mass is 35.5. The fourth-order valence-electron chi connectivity index (χ4n) is 1.29. The van der Waals surface area contributed by atoms with Crippen molar-refractivity contribution in [2.75, 3.05) is 5.32 Å². The van der Waals surface area contributed by atoms with Crippen molar-refractivity contribution in [3.8, 4) is 0 Å². The number of aromatic nitrogens is 3. The Morgan fingerprint density at radius 1 is 1.53 bits per heavy atom. The van der Waals surface area contributed by atoms with Crippen molar-refractivity contribution in [2.24, 2.45) is 7.05 Å². The SMILES string of the molecule is Cc1cnc(CNc2cnn(C)c(=O)c2Cl)o1.